The minimum Gasteiger partial charge on any atom is -0.369 e. The molecule has 0 radical (unpaired) electrons. The molecule has 2 aromatic rings. The largest absolute Gasteiger partial charge is 0.369 e. The first-order chi connectivity index (χ1) is 13.0. The van der Waals surface area contributed by atoms with Gasteiger partial charge in [-0.05, 0) is 32.9 Å². The topological polar surface area (TPSA) is 61.4 Å². The summed E-state index contributed by atoms with van der Waals surface area (Å²) >= 11 is 0. The van der Waals surface area contributed by atoms with E-state index in [0.717, 1.165) is 38.2 Å². The first kappa shape index (κ1) is 19.3. The lowest BCUT2D eigenvalue weighted by Gasteiger charge is -2.30. The van der Waals surface area contributed by atoms with Crippen LogP contribution in [0.3, 0.4) is 0 Å². The van der Waals surface area contributed by atoms with Crippen LogP contribution >= 0.6 is 0 Å². The van der Waals surface area contributed by atoms with E-state index in [4.69, 9.17) is 0 Å². The summed E-state index contributed by atoms with van der Waals surface area (Å²) in [6.07, 6.45) is 2.23. The number of hydrogen-bond donors (Lipinski definition) is 1. The van der Waals surface area contributed by atoms with E-state index in [0.29, 0.717) is 23.3 Å². The van der Waals surface area contributed by atoms with Crippen molar-refractivity contribution in [3.05, 3.63) is 42.1 Å². The van der Waals surface area contributed by atoms with Gasteiger partial charge in [0.25, 0.3) is 5.91 Å². The number of carbonyl (C=O) groups excluding carboxylic acids is 1. The Hall–Kier alpha value is -2.47. The number of nitrogens with zero attached hydrogens (tertiary/aromatic N) is 4. The Kier molecular flexibility index (Phi) is 6.40. The number of carbonyl (C=O) groups is 1. The summed E-state index contributed by atoms with van der Waals surface area (Å²) in [6, 6.07) is 11.6. The summed E-state index contributed by atoms with van der Waals surface area (Å²) in [4.78, 5) is 26.3. The van der Waals surface area contributed by atoms with Crippen molar-refractivity contribution in [1.82, 2.24) is 19.8 Å². The molecule has 3 rings (SSSR count). The van der Waals surface area contributed by atoms with E-state index in [1.807, 2.05) is 49.3 Å². The molecular formula is C21H29N5O. The third-order valence-corrected chi connectivity index (χ3v) is 4.79. The third-order valence-electron chi connectivity index (χ3n) is 4.79. The van der Waals surface area contributed by atoms with Crippen molar-refractivity contribution in [2.75, 3.05) is 45.6 Å². The molecule has 0 bridgehead atoms. The molecule has 0 aliphatic carbocycles. The summed E-state index contributed by atoms with van der Waals surface area (Å²) in [5.41, 5.74) is 1.38. The minimum atomic E-state index is -0.00297. The Morgan fingerprint density at radius 3 is 2.74 bits per heavy atom. The number of anilines is 1. The van der Waals surface area contributed by atoms with Crippen LogP contribution in [0.25, 0.3) is 11.4 Å². The molecule has 1 aliphatic rings. The van der Waals surface area contributed by atoms with Crippen LogP contribution < -0.4 is 5.32 Å². The molecule has 1 aliphatic heterocycles. The minimum absolute atomic E-state index is 0.00297. The molecule has 1 aromatic carbocycles. The maximum atomic E-state index is 13.1. The second-order valence-electron chi connectivity index (χ2n) is 7.56. The van der Waals surface area contributed by atoms with Crippen molar-refractivity contribution in [3.8, 4) is 11.4 Å². The number of amides is 1. The normalized spacial score (nSPS) is 17.2. The second kappa shape index (κ2) is 8.95. The number of likely N-dealkylation sites (N-methyl/N-ethyl adjacent to an activating group) is 1. The lowest BCUT2D eigenvalue weighted by molar-refractivity contribution is 0.0677. The lowest BCUT2D eigenvalue weighted by Crippen LogP contribution is -2.39. The maximum absolute atomic E-state index is 13.1. The van der Waals surface area contributed by atoms with Crippen LogP contribution in [0, 0.1) is 5.92 Å². The van der Waals surface area contributed by atoms with E-state index in [1.165, 1.54) is 6.42 Å². The summed E-state index contributed by atoms with van der Waals surface area (Å²) in [6.45, 7) is 5.44. The van der Waals surface area contributed by atoms with E-state index < -0.39 is 0 Å². The molecule has 27 heavy (non-hydrogen) atoms. The fourth-order valence-corrected chi connectivity index (χ4v) is 3.31. The maximum Gasteiger partial charge on any atom is 0.272 e. The molecule has 1 fully saturated rings. The van der Waals surface area contributed by atoms with E-state index >= 15 is 0 Å². The van der Waals surface area contributed by atoms with Gasteiger partial charge in [-0.25, -0.2) is 9.97 Å². The molecule has 2 heterocycles. The molecule has 1 N–H and O–H groups in total. The van der Waals surface area contributed by atoms with Gasteiger partial charge in [-0.1, -0.05) is 37.3 Å². The number of hydrogen-bond acceptors (Lipinski definition) is 5. The van der Waals surface area contributed by atoms with Gasteiger partial charge in [-0.15, -0.1) is 0 Å². The number of nitrogens with one attached hydrogen (secondary N) is 1. The monoisotopic (exact) mass is 367 g/mol. The summed E-state index contributed by atoms with van der Waals surface area (Å²) in [5, 5.41) is 3.33. The Morgan fingerprint density at radius 1 is 1.26 bits per heavy atom. The molecule has 1 aromatic heterocycles. The highest BCUT2D eigenvalue weighted by Crippen LogP contribution is 2.21. The van der Waals surface area contributed by atoms with Gasteiger partial charge in [0, 0.05) is 37.8 Å². The number of rotatable bonds is 6. The summed E-state index contributed by atoms with van der Waals surface area (Å²) in [5.74, 6) is 1.81. The molecule has 1 saturated heterocycles. The van der Waals surface area contributed by atoms with Gasteiger partial charge < -0.3 is 15.1 Å². The zero-order valence-corrected chi connectivity index (χ0v) is 16.5. The predicted molar refractivity (Wildman–Crippen MR) is 109 cm³/mol. The van der Waals surface area contributed by atoms with E-state index in [1.54, 1.807) is 6.07 Å². The average molecular weight is 367 g/mol. The standard InChI is InChI=1S/C21H29N5O/c1-16-8-7-12-26(15-16)21(27)18-14-19(22-11-13-25(2)3)24-20(23-18)17-9-5-4-6-10-17/h4-6,9-10,14,16H,7-8,11-13,15H2,1-3H3,(H,22,23,24). The highest BCUT2D eigenvalue weighted by molar-refractivity contribution is 5.93. The van der Waals surface area contributed by atoms with Gasteiger partial charge in [0.2, 0.25) is 0 Å². The predicted octanol–water partition coefficient (Wildman–Crippen LogP) is 2.99. The summed E-state index contributed by atoms with van der Waals surface area (Å²) < 4.78 is 0. The van der Waals surface area contributed by atoms with Gasteiger partial charge in [0.1, 0.15) is 11.5 Å². The van der Waals surface area contributed by atoms with Crippen molar-refractivity contribution < 1.29 is 4.79 Å². The van der Waals surface area contributed by atoms with Gasteiger partial charge in [-0.3, -0.25) is 4.79 Å². The highest BCUT2D eigenvalue weighted by atomic mass is 16.2. The number of aromatic nitrogens is 2. The molecule has 0 spiro atoms. The van der Waals surface area contributed by atoms with Crippen molar-refractivity contribution in [2.45, 2.75) is 19.8 Å². The third kappa shape index (κ3) is 5.26. The second-order valence-corrected chi connectivity index (χ2v) is 7.56. The summed E-state index contributed by atoms with van der Waals surface area (Å²) in [7, 11) is 4.06. The van der Waals surface area contributed by atoms with E-state index in [9.17, 15) is 4.79 Å². The molecule has 1 amide bonds. The van der Waals surface area contributed by atoms with Gasteiger partial charge in [-0.2, -0.15) is 0 Å². The van der Waals surface area contributed by atoms with E-state index in [-0.39, 0.29) is 5.91 Å². The molecule has 0 saturated carbocycles. The first-order valence-electron chi connectivity index (χ1n) is 9.65. The highest BCUT2D eigenvalue weighted by Gasteiger charge is 2.24. The quantitative estimate of drug-likeness (QED) is 0.850. The van der Waals surface area contributed by atoms with Crippen molar-refractivity contribution in [1.29, 1.82) is 0 Å². The van der Waals surface area contributed by atoms with Crippen molar-refractivity contribution >= 4 is 11.7 Å². The van der Waals surface area contributed by atoms with Crippen LogP contribution in [-0.2, 0) is 0 Å². The van der Waals surface area contributed by atoms with Crippen LogP contribution in [0.15, 0.2) is 36.4 Å². The lowest BCUT2D eigenvalue weighted by atomic mass is 10.00. The van der Waals surface area contributed by atoms with Crippen LogP contribution in [0.5, 0.6) is 0 Å². The Morgan fingerprint density at radius 2 is 2.04 bits per heavy atom. The van der Waals surface area contributed by atoms with Crippen LogP contribution in [0.4, 0.5) is 5.82 Å². The Labute approximate surface area is 161 Å². The van der Waals surface area contributed by atoms with Gasteiger partial charge in [0.15, 0.2) is 5.82 Å². The Bertz CT molecular complexity index is 762. The fraction of sp³-hybridized carbons (Fsp3) is 0.476. The SMILES string of the molecule is CC1CCCN(C(=O)c2cc(NCCN(C)C)nc(-c3ccccc3)n2)C1. The smallest absolute Gasteiger partial charge is 0.272 e. The van der Waals surface area contributed by atoms with Crippen LogP contribution in [0.2, 0.25) is 0 Å². The Balaban J connectivity index is 1.88. The van der Waals surface area contributed by atoms with Crippen LogP contribution in [0.1, 0.15) is 30.3 Å². The number of piperidine rings is 1. The molecule has 144 valence electrons. The molecule has 6 nitrogen and oxygen atoms in total. The van der Waals surface area contributed by atoms with Crippen LogP contribution in [-0.4, -0.2) is 65.9 Å². The number of benzene rings is 1. The van der Waals surface area contributed by atoms with E-state index in [2.05, 4.69) is 27.1 Å². The zero-order valence-electron chi connectivity index (χ0n) is 16.5. The van der Waals surface area contributed by atoms with Gasteiger partial charge >= 0.3 is 0 Å². The van der Waals surface area contributed by atoms with Crippen molar-refractivity contribution in [3.63, 3.8) is 0 Å². The van der Waals surface area contributed by atoms with Gasteiger partial charge in [0.05, 0.1) is 0 Å². The molecule has 1 unspecified atom stereocenters. The average Bonchev–Trinajstić information content (AvgIpc) is 2.67. The first-order valence-corrected chi connectivity index (χ1v) is 9.65. The fourth-order valence-electron chi connectivity index (χ4n) is 3.31. The molecule has 6 heteroatoms. The number of likely N-dealkylation sites (tertiary alicyclic amines) is 1. The molecular weight excluding hydrogens is 338 g/mol. The molecule has 1 atom stereocenters. The van der Waals surface area contributed by atoms with Crippen molar-refractivity contribution in [2.24, 2.45) is 5.92 Å². The zero-order chi connectivity index (χ0) is 19.2.